The Morgan fingerprint density at radius 2 is 1.80 bits per heavy atom. The van der Waals surface area contributed by atoms with E-state index < -0.39 is 0 Å². The Hall–Kier alpha value is -3.48. The lowest BCUT2D eigenvalue weighted by atomic mass is 9.90. The number of rotatable bonds is 8. The molecule has 0 spiro atoms. The van der Waals surface area contributed by atoms with Crippen molar-refractivity contribution in [1.82, 2.24) is 15.2 Å². The lowest BCUT2D eigenvalue weighted by Crippen LogP contribution is -2.41. The summed E-state index contributed by atoms with van der Waals surface area (Å²) in [5, 5.41) is 3.12. The number of hydrogen-bond acceptors (Lipinski definition) is 5. The number of nitrogens with one attached hydrogen (secondary N) is 1. The number of Topliss-reactive ketones (excluding diaryl/α,β-unsaturated/α-hetero) is 1. The number of amides is 2. The molecule has 0 bridgehead atoms. The second kappa shape index (κ2) is 10.4. The van der Waals surface area contributed by atoms with Gasteiger partial charge in [-0.05, 0) is 68.5 Å². The Kier molecular flexibility index (Phi) is 7.34. The molecule has 2 amide bonds. The van der Waals surface area contributed by atoms with E-state index in [1.54, 1.807) is 17.0 Å². The maximum Gasteiger partial charge on any atom is 0.253 e. The standard InChI is InChI=1S/C28H33N3O4/c1-17(2)23(15-18(3)32)26(33)29-21-13-14-22(16-21)31(4)28(34)20-11-9-19(10-12-20)27-30-24-7-5-6-8-25(24)35-27/h5-12,17,21-23H,13-16H2,1-4H3,(H,29,33)/t21-,22+,23+/m0/s1. The molecule has 4 rings (SSSR count). The summed E-state index contributed by atoms with van der Waals surface area (Å²) in [5.41, 5.74) is 2.94. The van der Waals surface area contributed by atoms with Crippen molar-refractivity contribution in [2.24, 2.45) is 11.8 Å². The van der Waals surface area contributed by atoms with Gasteiger partial charge >= 0.3 is 0 Å². The third-order valence-electron chi connectivity index (χ3n) is 6.94. The first kappa shape index (κ1) is 24.6. The van der Waals surface area contributed by atoms with Crippen LogP contribution >= 0.6 is 0 Å². The summed E-state index contributed by atoms with van der Waals surface area (Å²) in [4.78, 5) is 43.7. The molecule has 35 heavy (non-hydrogen) atoms. The van der Waals surface area contributed by atoms with E-state index in [0.29, 0.717) is 17.9 Å². The first-order chi connectivity index (χ1) is 16.7. The number of hydrogen-bond donors (Lipinski definition) is 1. The van der Waals surface area contributed by atoms with Crippen molar-refractivity contribution < 1.29 is 18.8 Å². The smallest absolute Gasteiger partial charge is 0.253 e. The highest BCUT2D eigenvalue weighted by molar-refractivity contribution is 5.94. The molecule has 0 unspecified atom stereocenters. The molecule has 7 nitrogen and oxygen atoms in total. The maximum absolute atomic E-state index is 13.1. The summed E-state index contributed by atoms with van der Waals surface area (Å²) in [5.74, 6) is 0.212. The third-order valence-corrected chi connectivity index (χ3v) is 6.94. The number of para-hydroxylation sites is 2. The predicted octanol–water partition coefficient (Wildman–Crippen LogP) is 4.86. The van der Waals surface area contributed by atoms with E-state index in [4.69, 9.17) is 4.42 Å². The summed E-state index contributed by atoms with van der Waals surface area (Å²) in [6, 6.07) is 15.0. The van der Waals surface area contributed by atoms with Gasteiger partial charge in [-0.1, -0.05) is 26.0 Å². The quantitative estimate of drug-likeness (QED) is 0.502. The lowest BCUT2D eigenvalue weighted by molar-refractivity contribution is -0.130. The monoisotopic (exact) mass is 475 g/mol. The van der Waals surface area contributed by atoms with E-state index in [1.807, 2.05) is 57.3 Å². The molecule has 3 atom stereocenters. The van der Waals surface area contributed by atoms with Gasteiger partial charge < -0.3 is 19.4 Å². The van der Waals surface area contributed by atoms with Crippen LogP contribution in [0.15, 0.2) is 52.9 Å². The first-order valence-corrected chi connectivity index (χ1v) is 12.3. The Morgan fingerprint density at radius 3 is 2.46 bits per heavy atom. The molecule has 1 fully saturated rings. The van der Waals surface area contributed by atoms with Gasteiger partial charge in [-0.3, -0.25) is 9.59 Å². The van der Waals surface area contributed by atoms with Crippen LogP contribution in [0.25, 0.3) is 22.6 Å². The Bertz CT molecular complexity index is 1180. The Morgan fingerprint density at radius 1 is 1.09 bits per heavy atom. The highest BCUT2D eigenvalue weighted by Crippen LogP contribution is 2.28. The lowest BCUT2D eigenvalue weighted by Gasteiger charge is -2.26. The summed E-state index contributed by atoms with van der Waals surface area (Å²) >= 11 is 0. The third kappa shape index (κ3) is 5.61. The van der Waals surface area contributed by atoms with Crippen molar-refractivity contribution in [3.05, 3.63) is 54.1 Å². The van der Waals surface area contributed by atoms with Crippen molar-refractivity contribution in [2.75, 3.05) is 7.05 Å². The van der Waals surface area contributed by atoms with E-state index in [-0.39, 0.29) is 47.9 Å². The summed E-state index contributed by atoms with van der Waals surface area (Å²) in [6.07, 6.45) is 2.61. The molecule has 1 aromatic heterocycles. The van der Waals surface area contributed by atoms with Crippen LogP contribution in [0, 0.1) is 11.8 Å². The molecule has 0 radical (unpaired) electrons. The minimum atomic E-state index is -0.314. The SMILES string of the molecule is CC(=O)C[C@@H](C(=O)N[C@H]1CC[C@@H](N(C)C(=O)c2ccc(-c3nc4ccccc4o3)cc2)C1)C(C)C. The van der Waals surface area contributed by atoms with Crippen molar-refractivity contribution in [3.8, 4) is 11.5 Å². The van der Waals surface area contributed by atoms with Crippen LogP contribution in [0.1, 0.15) is 56.8 Å². The number of ketones is 1. The van der Waals surface area contributed by atoms with Gasteiger partial charge in [0.05, 0.1) is 0 Å². The fraction of sp³-hybridized carbons (Fsp3) is 0.429. The van der Waals surface area contributed by atoms with Crippen molar-refractivity contribution in [3.63, 3.8) is 0 Å². The molecule has 1 N–H and O–H groups in total. The van der Waals surface area contributed by atoms with Gasteiger partial charge in [-0.15, -0.1) is 0 Å². The average Bonchev–Trinajstić information content (AvgIpc) is 3.48. The van der Waals surface area contributed by atoms with Crippen molar-refractivity contribution in [2.45, 2.75) is 58.5 Å². The van der Waals surface area contributed by atoms with Gasteiger partial charge in [0.1, 0.15) is 11.3 Å². The van der Waals surface area contributed by atoms with Gasteiger partial charge in [0.2, 0.25) is 11.8 Å². The van der Waals surface area contributed by atoms with Crippen molar-refractivity contribution in [1.29, 1.82) is 0 Å². The van der Waals surface area contributed by atoms with Gasteiger partial charge in [0.25, 0.3) is 5.91 Å². The number of oxazole rings is 1. The number of nitrogens with zero attached hydrogens (tertiary/aromatic N) is 2. The largest absolute Gasteiger partial charge is 0.436 e. The normalized spacial score (nSPS) is 18.5. The number of benzene rings is 2. The molecule has 184 valence electrons. The first-order valence-electron chi connectivity index (χ1n) is 12.3. The molecular weight excluding hydrogens is 442 g/mol. The number of carbonyl (C=O) groups excluding carboxylic acids is 3. The van der Waals surface area contributed by atoms with Crippen LogP contribution in [0.5, 0.6) is 0 Å². The molecule has 0 saturated heterocycles. The van der Waals surface area contributed by atoms with Gasteiger partial charge in [0, 0.05) is 42.6 Å². The number of aromatic nitrogens is 1. The van der Waals surface area contributed by atoms with E-state index in [9.17, 15) is 14.4 Å². The van der Waals surface area contributed by atoms with Gasteiger partial charge in [-0.2, -0.15) is 0 Å². The summed E-state index contributed by atoms with van der Waals surface area (Å²) in [6.45, 7) is 5.45. The number of carbonyl (C=O) groups is 3. The molecule has 1 aliphatic rings. The van der Waals surface area contributed by atoms with Crippen LogP contribution in [0.3, 0.4) is 0 Å². The molecule has 7 heteroatoms. The van der Waals surface area contributed by atoms with Crippen LogP contribution < -0.4 is 5.32 Å². The Balaban J connectivity index is 1.36. The van der Waals surface area contributed by atoms with Crippen molar-refractivity contribution >= 4 is 28.7 Å². The zero-order valence-corrected chi connectivity index (χ0v) is 20.8. The van der Waals surface area contributed by atoms with E-state index in [0.717, 1.165) is 29.5 Å². The van der Waals surface area contributed by atoms with Gasteiger partial charge in [-0.25, -0.2) is 4.98 Å². The highest BCUT2D eigenvalue weighted by atomic mass is 16.3. The second-order valence-corrected chi connectivity index (χ2v) is 9.91. The molecule has 1 aliphatic carbocycles. The van der Waals surface area contributed by atoms with Crippen LogP contribution in [-0.4, -0.2) is 46.6 Å². The van der Waals surface area contributed by atoms with E-state index in [2.05, 4.69) is 10.3 Å². The molecular formula is C28H33N3O4. The summed E-state index contributed by atoms with van der Waals surface area (Å²) in [7, 11) is 1.82. The highest BCUT2D eigenvalue weighted by Gasteiger charge is 2.33. The zero-order valence-electron chi connectivity index (χ0n) is 20.8. The zero-order chi connectivity index (χ0) is 25.1. The minimum Gasteiger partial charge on any atom is -0.436 e. The topological polar surface area (TPSA) is 92.5 Å². The molecule has 1 heterocycles. The molecule has 3 aromatic rings. The number of fused-ring (bicyclic) bond motifs is 1. The molecule has 2 aromatic carbocycles. The Labute approximate surface area is 205 Å². The van der Waals surface area contributed by atoms with E-state index in [1.165, 1.54) is 6.92 Å². The summed E-state index contributed by atoms with van der Waals surface area (Å²) < 4.78 is 5.82. The van der Waals surface area contributed by atoms with Crippen LogP contribution in [0.4, 0.5) is 0 Å². The fourth-order valence-electron chi connectivity index (χ4n) is 4.81. The van der Waals surface area contributed by atoms with Crippen LogP contribution in [0.2, 0.25) is 0 Å². The van der Waals surface area contributed by atoms with E-state index >= 15 is 0 Å². The maximum atomic E-state index is 13.1. The molecule has 0 aliphatic heterocycles. The predicted molar refractivity (Wildman–Crippen MR) is 135 cm³/mol. The van der Waals surface area contributed by atoms with Crippen LogP contribution in [-0.2, 0) is 9.59 Å². The van der Waals surface area contributed by atoms with Gasteiger partial charge in [0.15, 0.2) is 5.58 Å². The second-order valence-electron chi connectivity index (χ2n) is 9.91. The molecule has 1 saturated carbocycles. The minimum absolute atomic E-state index is 0.0116. The average molecular weight is 476 g/mol. The fourth-order valence-corrected chi connectivity index (χ4v) is 4.81.